The highest BCUT2D eigenvalue weighted by Gasteiger charge is 2.45. The summed E-state index contributed by atoms with van der Waals surface area (Å²) in [4.78, 5) is 45.7. The number of hydrogen-bond donors (Lipinski definition) is 8. The molecule has 1 unspecified atom stereocenters. The molecule has 1 aromatic heterocycles. The number of aliphatic hydroxyl groups excluding tert-OH is 6. The fourth-order valence-electron chi connectivity index (χ4n) is 2.77. The molecule has 182 valence electrons. The van der Waals surface area contributed by atoms with Crippen molar-refractivity contribution in [2.75, 3.05) is 13.2 Å². The number of carbonyl (C=O) groups is 1. The Balaban J connectivity index is 2.03. The Labute approximate surface area is 178 Å². The zero-order chi connectivity index (χ0) is 24.2. The van der Waals surface area contributed by atoms with Crippen LogP contribution >= 0.6 is 7.82 Å². The van der Waals surface area contributed by atoms with Crippen molar-refractivity contribution >= 4 is 14.1 Å². The van der Waals surface area contributed by atoms with Gasteiger partial charge in [0.2, 0.25) is 0 Å². The minimum absolute atomic E-state index is 0.159. The largest absolute Gasteiger partial charge is 0.473 e. The van der Waals surface area contributed by atoms with Gasteiger partial charge in [-0.2, -0.15) is 0 Å². The predicted octanol–water partition coefficient (Wildman–Crippen LogP) is -5.07. The molecule has 0 amide bonds. The summed E-state index contributed by atoms with van der Waals surface area (Å²) >= 11 is 0. The molecule has 1 saturated heterocycles. The number of H-pyrrole nitrogens is 1. The van der Waals surface area contributed by atoms with Crippen molar-refractivity contribution in [2.45, 2.75) is 49.0 Å². The van der Waals surface area contributed by atoms with Crippen LogP contribution in [-0.4, -0.2) is 107 Å². The molecule has 1 aromatic rings. The van der Waals surface area contributed by atoms with E-state index in [0.717, 1.165) is 16.8 Å². The Morgan fingerprint density at radius 3 is 2.44 bits per heavy atom. The summed E-state index contributed by atoms with van der Waals surface area (Å²) in [6.45, 7) is -1.89. The molecule has 9 atom stereocenters. The molecule has 1 aliphatic rings. The lowest BCUT2D eigenvalue weighted by molar-refractivity contribution is -0.136. The Kier molecular flexibility index (Phi) is 8.98. The minimum atomic E-state index is -5.14. The van der Waals surface area contributed by atoms with Crippen molar-refractivity contribution in [1.82, 2.24) is 9.55 Å². The van der Waals surface area contributed by atoms with Crippen molar-refractivity contribution in [1.29, 1.82) is 0 Å². The number of aromatic nitrogens is 2. The topological polar surface area (TPSA) is 258 Å². The first-order chi connectivity index (χ1) is 14.9. The van der Waals surface area contributed by atoms with Gasteiger partial charge in [0.15, 0.2) is 18.6 Å². The number of ether oxygens (including phenoxy) is 1. The maximum absolute atomic E-state index is 12.1. The molecule has 8 N–H and O–H groups in total. The van der Waals surface area contributed by atoms with Gasteiger partial charge in [-0.3, -0.25) is 23.4 Å². The van der Waals surface area contributed by atoms with E-state index in [0.29, 0.717) is 0 Å². The summed E-state index contributed by atoms with van der Waals surface area (Å²) in [5, 5.41) is 57.6. The molecule has 1 fully saturated rings. The number of aromatic amines is 1. The van der Waals surface area contributed by atoms with Crippen molar-refractivity contribution < 1.29 is 58.7 Å². The van der Waals surface area contributed by atoms with Gasteiger partial charge in [-0.15, -0.1) is 0 Å². The molecular weight excluding hydrogens is 463 g/mol. The van der Waals surface area contributed by atoms with Crippen molar-refractivity contribution in [3.63, 3.8) is 0 Å². The van der Waals surface area contributed by atoms with E-state index in [1.165, 1.54) is 0 Å². The first-order valence-corrected chi connectivity index (χ1v) is 10.5. The minimum Gasteiger partial charge on any atom is -0.394 e. The predicted molar refractivity (Wildman–Crippen MR) is 99.1 cm³/mol. The highest BCUT2D eigenvalue weighted by atomic mass is 31.2. The van der Waals surface area contributed by atoms with Gasteiger partial charge >= 0.3 is 13.5 Å². The van der Waals surface area contributed by atoms with Gasteiger partial charge in [-0.1, -0.05) is 0 Å². The molecule has 32 heavy (non-hydrogen) atoms. The SMILES string of the molecule is O=C[C@H](OP(=O)(O)OC[C@H]1O[C@@H](n2ccc(=O)[nH]c2=O)[C@H](O)[C@@H]1O)[C@@H](O)[C@H](O)[C@H](O)CO. The van der Waals surface area contributed by atoms with Gasteiger partial charge in [0.05, 0.1) is 13.2 Å². The molecule has 2 heterocycles. The van der Waals surface area contributed by atoms with Gasteiger partial charge in [0.25, 0.3) is 5.56 Å². The van der Waals surface area contributed by atoms with E-state index in [2.05, 4.69) is 9.05 Å². The van der Waals surface area contributed by atoms with Crippen molar-refractivity contribution in [3.8, 4) is 0 Å². The van der Waals surface area contributed by atoms with Crippen LogP contribution in [0, 0.1) is 0 Å². The third-order valence-corrected chi connectivity index (χ3v) is 5.51. The first-order valence-electron chi connectivity index (χ1n) is 9.01. The molecule has 0 spiro atoms. The van der Waals surface area contributed by atoms with Crippen LogP contribution in [0.5, 0.6) is 0 Å². The lowest BCUT2D eigenvalue weighted by atomic mass is 10.0. The average Bonchev–Trinajstić information content (AvgIpc) is 3.03. The third kappa shape index (κ3) is 6.15. The average molecular weight is 486 g/mol. The summed E-state index contributed by atoms with van der Waals surface area (Å²) in [6, 6.07) is 0.955. The smallest absolute Gasteiger partial charge is 0.394 e. The van der Waals surface area contributed by atoms with E-state index in [1.807, 2.05) is 4.98 Å². The van der Waals surface area contributed by atoms with Crippen LogP contribution in [0.1, 0.15) is 6.23 Å². The Hall–Kier alpha value is -1.82. The number of nitrogens with one attached hydrogen (secondary N) is 1. The monoisotopic (exact) mass is 486 g/mol. The van der Waals surface area contributed by atoms with Crippen LogP contribution in [-0.2, 0) is 23.1 Å². The van der Waals surface area contributed by atoms with Crippen LogP contribution in [0.15, 0.2) is 21.9 Å². The first kappa shape index (κ1) is 26.4. The molecule has 2 rings (SSSR count). The fourth-order valence-corrected chi connectivity index (χ4v) is 3.65. The van der Waals surface area contributed by atoms with E-state index < -0.39 is 81.2 Å². The Bertz CT molecular complexity index is 935. The maximum Gasteiger partial charge on any atom is 0.473 e. The molecule has 0 aromatic carbocycles. The number of aliphatic hydroxyl groups is 6. The second kappa shape index (κ2) is 10.9. The quantitative estimate of drug-likeness (QED) is 0.108. The lowest BCUT2D eigenvalue weighted by Gasteiger charge is -2.27. The number of phosphoric ester groups is 1. The van der Waals surface area contributed by atoms with Crippen LogP contribution < -0.4 is 11.2 Å². The maximum atomic E-state index is 12.1. The van der Waals surface area contributed by atoms with Gasteiger partial charge in [-0.25, -0.2) is 9.36 Å². The van der Waals surface area contributed by atoms with Crippen LogP contribution in [0.3, 0.4) is 0 Å². The zero-order valence-corrected chi connectivity index (χ0v) is 17.0. The van der Waals surface area contributed by atoms with Crippen molar-refractivity contribution in [3.05, 3.63) is 33.1 Å². The van der Waals surface area contributed by atoms with Crippen LogP contribution in [0.25, 0.3) is 0 Å². The third-order valence-electron chi connectivity index (χ3n) is 4.52. The summed E-state index contributed by atoms with van der Waals surface area (Å²) < 4.78 is 27.2. The molecular formula is C15H23N2O14P. The molecule has 17 heteroatoms. The Morgan fingerprint density at radius 1 is 1.22 bits per heavy atom. The van der Waals surface area contributed by atoms with E-state index >= 15 is 0 Å². The number of phosphoric acid groups is 1. The highest BCUT2D eigenvalue weighted by molar-refractivity contribution is 7.47. The standard InChI is InChI=1S/C15H23N2O14P/c18-3-6(20)10(22)11(23)7(4-19)31-32(27,28)29-5-8-12(24)13(25)14(30-8)17-2-1-9(21)16-15(17)26/h1-2,4,6-8,10-14,18,20,22-25H,3,5H2,(H,27,28)(H,16,21,26)/t6-,7+,8-,10-,11-,12-,13-,14-/m1/s1. The molecule has 0 bridgehead atoms. The summed E-state index contributed by atoms with van der Waals surface area (Å²) in [7, 11) is -5.14. The molecule has 16 nitrogen and oxygen atoms in total. The van der Waals surface area contributed by atoms with E-state index in [4.69, 9.17) is 9.84 Å². The Morgan fingerprint density at radius 2 is 1.88 bits per heavy atom. The number of rotatable bonds is 11. The highest BCUT2D eigenvalue weighted by Crippen LogP contribution is 2.46. The number of hydrogen-bond acceptors (Lipinski definition) is 13. The second-order valence-corrected chi connectivity index (χ2v) is 8.17. The normalized spacial score (nSPS) is 29.1. The fraction of sp³-hybridized carbons (Fsp3) is 0.667. The van der Waals surface area contributed by atoms with Crippen molar-refractivity contribution in [2.24, 2.45) is 0 Å². The van der Waals surface area contributed by atoms with Gasteiger partial charge < -0.3 is 45.1 Å². The van der Waals surface area contributed by atoms with Crippen LogP contribution in [0.4, 0.5) is 0 Å². The zero-order valence-electron chi connectivity index (χ0n) is 16.1. The van der Waals surface area contributed by atoms with E-state index in [1.54, 1.807) is 0 Å². The molecule has 0 aliphatic carbocycles. The van der Waals surface area contributed by atoms with E-state index in [-0.39, 0.29) is 6.29 Å². The molecule has 0 radical (unpaired) electrons. The van der Waals surface area contributed by atoms with Gasteiger partial charge in [-0.05, 0) is 0 Å². The molecule has 0 saturated carbocycles. The second-order valence-electron chi connectivity index (χ2n) is 6.77. The summed E-state index contributed by atoms with van der Waals surface area (Å²) in [6.07, 6.45) is -13.9. The van der Waals surface area contributed by atoms with E-state index in [9.17, 15) is 49.4 Å². The number of carbonyl (C=O) groups excluding carboxylic acids is 1. The summed E-state index contributed by atoms with van der Waals surface area (Å²) in [5.74, 6) is 0. The van der Waals surface area contributed by atoms with Gasteiger partial charge in [0.1, 0.15) is 36.6 Å². The number of nitrogens with zero attached hydrogens (tertiary/aromatic N) is 1. The summed E-state index contributed by atoms with van der Waals surface area (Å²) in [5.41, 5.74) is -1.68. The van der Waals surface area contributed by atoms with Gasteiger partial charge in [0, 0.05) is 12.3 Å². The number of aldehydes is 1. The van der Waals surface area contributed by atoms with Crippen LogP contribution in [0.2, 0.25) is 0 Å². The lowest BCUT2D eigenvalue weighted by Crippen LogP contribution is -2.47. The molecule has 1 aliphatic heterocycles.